The molecule has 3 N–H and O–H groups in total. The van der Waals surface area contributed by atoms with E-state index >= 15 is 0 Å². The fraction of sp³-hybridized carbons (Fsp3) is 0.208. The lowest BCUT2D eigenvalue weighted by Crippen LogP contribution is -2.22. The van der Waals surface area contributed by atoms with E-state index in [9.17, 15) is 8.42 Å². The van der Waals surface area contributed by atoms with Gasteiger partial charge in [-0.25, -0.2) is 17.7 Å². The van der Waals surface area contributed by atoms with Gasteiger partial charge in [0.05, 0.1) is 22.5 Å². The van der Waals surface area contributed by atoms with E-state index < -0.39 is 10.0 Å². The maximum atomic E-state index is 12.3. The van der Waals surface area contributed by atoms with Crippen molar-refractivity contribution in [1.82, 2.24) is 19.6 Å². The van der Waals surface area contributed by atoms with Gasteiger partial charge in [-0.1, -0.05) is 43.0 Å². The summed E-state index contributed by atoms with van der Waals surface area (Å²) in [6.45, 7) is 6.51. The summed E-state index contributed by atoms with van der Waals surface area (Å²) in [4.78, 5) is 9.20. The number of sulfonamides is 1. The van der Waals surface area contributed by atoms with E-state index in [1.165, 1.54) is 26.2 Å². The third-order valence-electron chi connectivity index (χ3n) is 5.08. The quantitative estimate of drug-likeness (QED) is 0.167. The van der Waals surface area contributed by atoms with Gasteiger partial charge in [-0.2, -0.15) is 0 Å². The van der Waals surface area contributed by atoms with E-state index in [4.69, 9.17) is 10.6 Å². The van der Waals surface area contributed by atoms with Crippen molar-refractivity contribution in [1.29, 1.82) is 0 Å². The van der Waals surface area contributed by atoms with Crippen LogP contribution in [0.3, 0.4) is 0 Å². The summed E-state index contributed by atoms with van der Waals surface area (Å²) >= 11 is 0. The number of hydrogen-bond donors (Lipinski definition) is 2. The maximum Gasteiger partial charge on any atom is 0.263 e. The van der Waals surface area contributed by atoms with Crippen LogP contribution in [0.4, 0.5) is 0 Å². The second-order valence-electron chi connectivity index (χ2n) is 7.69. The summed E-state index contributed by atoms with van der Waals surface area (Å²) in [5, 5.41) is 6.87. The smallest absolute Gasteiger partial charge is 0.263 e. The minimum absolute atomic E-state index is 0.0722. The summed E-state index contributed by atoms with van der Waals surface area (Å²) in [5.74, 6) is 6.06. The van der Waals surface area contributed by atoms with Gasteiger partial charge >= 0.3 is 0 Å². The van der Waals surface area contributed by atoms with Gasteiger partial charge in [-0.05, 0) is 31.7 Å². The van der Waals surface area contributed by atoms with Crippen LogP contribution in [0.15, 0.2) is 71.3 Å². The van der Waals surface area contributed by atoms with Crippen molar-refractivity contribution in [2.45, 2.75) is 18.4 Å². The number of ether oxygens (including phenoxy) is 1. The number of rotatable bonds is 8. The number of hydrazone groups is 1. The summed E-state index contributed by atoms with van der Waals surface area (Å²) in [7, 11) is 1.33. The van der Waals surface area contributed by atoms with Crippen molar-refractivity contribution in [2.75, 3.05) is 21.1 Å². The van der Waals surface area contributed by atoms with Crippen LogP contribution < -0.4 is 11.2 Å². The molecule has 3 aromatic rings. The van der Waals surface area contributed by atoms with E-state index in [1.807, 2.05) is 31.3 Å². The summed E-state index contributed by atoms with van der Waals surface area (Å²) < 4.78 is 31.7. The molecule has 0 saturated carbocycles. The van der Waals surface area contributed by atoms with Crippen molar-refractivity contribution >= 4 is 21.7 Å². The lowest BCUT2D eigenvalue weighted by Gasteiger charge is -2.14. The van der Waals surface area contributed by atoms with Crippen LogP contribution in [0.5, 0.6) is 0 Å². The number of benzene rings is 2. The Balaban J connectivity index is 1.86. The molecular formula is C24H28N6O3S. The van der Waals surface area contributed by atoms with Crippen LogP contribution in [0.25, 0.3) is 17.0 Å². The monoisotopic (exact) mass is 480 g/mol. The molecule has 0 radical (unpaired) electrons. The Hall–Kier alpha value is -3.60. The zero-order chi connectivity index (χ0) is 24.9. The highest BCUT2D eigenvalue weighted by Gasteiger charge is 2.19. The van der Waals surface area contributed by atoms with Crippen molar-refractivity contribution in [3.63, 3.8) is 0 Å². The molecular weight excluding hydrogens is 452 g/mol. The standard InChI is InChI=1S/C24H28N6O3S/c1-16-23(24(29-25)33-17(2)19-8-6-18(7-9-19)14-26-3)28-22(15-27-16)20-10-12-21(13-11-20)34(31,32)30(4)5/h6-13,15,26H,2,14,25H2,1,3-5H3/b29-24-. The third-order valence-corrected chi connectivity index (χ3v) is 6.91. The summed E-state index contributed by atoms with van der Waals surface area (Å²) in [5.41, 5.74) is 4.03. The molecule has 0 saturated heterocycles. The topological polar surface area (TPSA) is 123 Å². The van der Waals surface area contributed by atoms with Crippen LogP contribution in [0.2, 0.25) is 0 Å². The van der Waals surface area contributed by atoms with E-state index in [0.717, 1.165) is 22.0 Å². The largest absolute Gasteiger partial charge is 0.436 e. The van der Waals surface area contributed by atoms with Gasteiger partial charge in [0.2, 0.25) is 10.0 Å². The van der Waals surface area contributed by atoms with Gasteiger partial charge in [0.15, 0.2) is 0 Å². The first-order valence-corrected chi connectivity index (χ1v) is 11.9. The van der Waals surface area contributed by atoms with Gasteiger partial charge in [0, 0.05) is 31.8 Å². The van der Waals surface area contributed by atoms with Gasteiger partial charge in [-0.15, -0.1) is 5.10 Å². The van der Waals surface area contributed by atoms with Crippen molar-refractivity contribution < 1.29 is 13.2 Å². The molecule has 2 aromatic carbocycles. The van der Waals surface area contributed by atoms with Crippen LogP contribution in [0.1, 0.15) is 22.5 Å². The SMILES string of the molecule is C=C(O/C(=N\N)c1nc(-c2ccc(S(=O)(=O)N(C)C)cc2)cnc1C)c1ccc(CNC)cc1. The number of nitrogens with zero attached hydrogens (tertiary/aromatic N) is 4. The minimum Gasteiger partial charge on any atom is -0.436 e. The fourth-order valence-corrected chi connectivity index (χ4v) is 4.03. The predicted molar refractivity (Wildman–Crippen MR) is 133 cm³/mol. The molecule has 10 heteroatoms. The maximum absolute atomic E-state index is 12.3. The van der Waals surface area contributed by atoms with Crippen LogP contribution in [-0.2, 0) is 21.3 Å². The zero-order valence-electron chi connectivity index (χ0n) is 19.6. The average Bonchev–Trinajstić information content (AvgIpc) is 2.83. The number of aromatic nitrogens is 2. The molecule has 0 bridgehead atoms. The Morgan fingerprint density at radius 2 is 1.79 bits per heavy atom. The van der Waals surface area contributed by atoms with Crippen molar-refractivity contribution in [3.05, 3.63) is 83.8 Å². The first-order valence-electron chi connectivity index (χ1n) is 10.4. The molecule has 1 heterocycles. The predicted octanol–water partition coefficient (Wildman–Crippen LogP) is 2.73. The molecule has 34 heavy (non-hydrogen) atoms. The number of aryl methyl sites for hydroxylation is 1. The molecule has 1 aromatic heterocycles. The second-order valence-corrected chi connectivity index (χ2v) is 9.84. The normalized spacial score (nSPS) is 12.1. The van der Waals surface area contributed by atoms with Gasteiger partial charge in [0.25, 0.3) is 5.90 Å². The highest BCUT2D eigenvalue weighted by Crippen LogP contribution is 2.23. The number of hydrogen-bond acceptors (Lipinski definition) is 8. The first-order chi connectivity index (χ1) is 16.2. The van der Waals surface area contributed by atoms with Crippen molar-refractivity contribution in [2.24, 2.45) is 10.9 Å². The Morgan fingerprint density at radius 1 is 1.15 bits per heavy atom. The number of nitrogens with two attached hydrogens (primary N) is 1. The van der Waals surface area contributed by atoms with E-state index in [2.05, 4.69) is 27.0 Å². The van der Waals surface area contributed by atoms with Crippen LogP contribution in [0, 0.1) is 6.92 Å². The Morgan fingerprint density at radius 3 is 2.35 bits per heavy atom. The van der Waals surface area contributed by atoms with Gasteiger partial charge in [-0.3, -0.25) is 4.98 Å². The molecule has 0 amide bonds. The molecule has 0 aliphatic rings. The average molecular weight is 481 g/mol. The van der Waals surface area contributed by atoms with Gasteiger partial charge < -0.3 is 15.9 Å². The van der Waals surface area contributed by atoms with Gasteiger partial charge in [0.1, 0.15) is 11.5 Å². The highest BCUT2D eigenvalue weighted by molar-refractivity contribution is 7.89. The lowest BCUT2D eigenvalue weighted by molar-refractivity contribution is 0.504. The Bertz CT molecular complexity index is 1300. The Labute approximate surface area is 200 Å². The fourth-order valence-electron chi connectivity index (χ4n) is 3.12. The molecule has 178 valence electrons. The van der Waals surface area contributed by atoms with E-state index in [-0.39, 0.29) is 10.8 Å². The van der Waals surface area contributed by atoms with E-state index in [0.29, 0.717) is 28.4 Å². The molecule has 0 atom stereocenters. The molecule has 0 fully saturated rings. The highest BCUT2D eigenvalue weighted by atomic mass is 32.2. The lowest BCUT2D eigenvalue weighted by atomic mass is 10.1. The van der Waals surface area contributed by atoms with Crippen molar-refractivity contribution in [3.8, 4) is 11.3 Å². The molecule has 0 aliphatic carbocycles. The third kappa shape index (κ3) is 5.48. The second kappa shape index (κ2) is 10.6. The van der Waals surface area contributed by atoms with Crippen LogP contribution in [-0.4, -0.2) is 49.7 Å². The zero-order valence-corrected chi connectivity index (χ0v) is 20.4. The van der Waals surface area contributed by atoms with E-state index in [1.54, 1.807) is 25.3 Å². The Kier molecular flexibility index (Phi) is 7.77. The molecule has 0 spiro atoms. The summed E-state index contributed by atoms with van der Waals surface area (Å²) in [6.07, 6.45) is 1.59. The molecule has 9 nitrogen and oxygen atoms in total. The first kappa shape index (κ1) is 25.0. The molecule has 0 aliphatic heterocycles. The minimum atomic E-state index is -3.53. The molecule has 3 rings (SSSR count). The van der Waals surface area contributed by atoms with Crippen LogP contribution >= 0.6 is 0 Å². The summed E-state index contributed by atoms with van der Waals surface area (Å²) in [6, 6.07) is 14.2. The molecule has 0 unspecified atom stereocenters. The number of nitrogens with one attached hydrogen (secondary N) is 1.